The highest BCUT2D eigenvalue weighted by Gasteiger charge is 2.53. The van der Waals surface area contributed by atoms with E-state index in [4.69, 9.17) is 0 Å². The van der Waals surface area contributed by atoms with Gasteiger partial charge in [0.15, 0.2) is 0 Å². The Morgan fingerprint density at radius 2 is 0.742 bits per heavy atom. The molecule has 2 aliphatic rings. The van der Waals surface area contributed by atoms with Gasteiger partial charge in [-0.25, -0.2) is 0 Å². The van der Waals surface area contributed by atoms with Crippen LogP contribution in [-0.2, 0) is 0 Å². The molecule has 2 radical (unpaired) electrons. The van der Waals surface area contributed by atoms with Crippen LogP contribution >= 0.6 is 0 Å². The van der Waals surface area contributed by atoms with E-state index in [1.54, 1.807) is 0 Å². The van der Waals surface area contributed by atoms with Crippen LogP contribution in [-0.4, -0.2) is 8.07 Å². The van der Waals surface area contributed by atoms with Gasteiger partial charge in [-0.1, -0.05) is 144 Å². The molecule has 0 spiro atoms. The van der Waals surface area contributed by atoms with Crippen LogP contribution in [0.25, 0.3) is 12.2 Å². The fourth-order valence-corrected chi connectivity index (χ4v) is 10.4. The lowest BCUT2D eigenvalue weighted by Gasteiger charge is -2.42. The van der Waals surface area contributed by atoms with E-state index in [2.05, 4.69) is 133 Å². The normalized spacial score (nSPS) is 15.2. The van der Waals surface area contributed by atoms with Crippen molar-refractivity contribution in [3.05, 3.63) is 155 Å². The predicted molar refractivity (Wildman–Crippen MR) is 134 cm³/mol. The summed E-state index contributed by atoms with van der Waals surface area (Å²) in [5.41, 5.74) is 8.31. The van der Waals surface area contributed by atoms with E-state index in [1.807, 2.05) is 0 Å². The van der Waals surface area contributed by atoms with Gasteiger partial charge in [-0.2, -0.15) is 0 Å². The Hall–Kier alpha value is -3.42. The van der Waals surface area contributed by atoms with E-state index in [-0.39, 0.29) is 0 Å². The van der Waals surface area contributed by atoms with Crippen LogP contribution in [0, 0.1) is 11.1 Å². The quantitative estimate of drug-likeness (QED) is 0.383. The van der Waals surface area contributed by atoms with Crippen LogP contribution in [0.2, 0.25) is 0 Å². The minimum absolute atomic E-state index is 1.32. The number of hydrogen-bond acceptors (Lipinski definition) is 0. The van der Waals surface area contributed by atoms with Crippen molar-refractivity contribution in [2.45, 2.75) is 0 Å². The van der Waals surface area contributed by atoms with Crippen molar-refractivity contribution in [2.75, 3.05) is 0 Å². The summed E-state index contributed by atoms with van der Waals surface area (Å²) in [4.78, 5) is 0. The molecule has 1 heteroatoms. The zero-order chi connectivity index (χ0) is 20.7. The van der Waals surface area contributed by atoms with Gasteiger partial charge in [0.1, 0.15) is 8.07 Å². The number of benzene rings is 4. The summed E-state index contributed by atoms with van der Waals surface area (Å²) in [6.45, 7) is 0. The number of rotatable bonds is 4. The third kappa shape index (κ3) is 2.74. The van der Waals surface area contributed by atoms with Crippen LogP contribution in [0.1, 0.15) is 22.3 Å². The van der Waals surface area contributed by atoms with Gasteiger partial charge in [0.25, 0.3) is 0 Å². The van der Waals surface area contributed by atoms with E-state index in [0.717, 1.165) is 0 Å². The van der Waals surface area contributed by atoms with Crippen molar-refractivity contribution in [1.82, 2.24) is 0 Å². The van der Waals surface area contributed by atoms with Gasteiger partial charge in [-0.3, -0.25) is 0 Å². The fraction of sp³-hybridized carbons (Fsp3) is 0. The van der Waals surface area contributed by atoms with E-state index in [0.29, 0.717) is 0 Å². The molecule has 0 saturated carbocycles. The molecule has 4 aromatic carbocycles. The van der Waals surface area contributed by atoms with Gasteiger partial charge >= 0.3 is 0 Å². The highest BCUT2D eigenvalue weighted by atomic mass is 28.3. The SMILES string of the molecule is C1=Cc2ccccc2[C]1[Si]([C]1C=Cc2ccccc21)(c1ccccc1)c1ccccc1. The maximum Gasteiger partial charge on any atom is 0.147 e. The Morgan fingerprint density at radius 1 is 0.355 bits per heavy atom. The molecule has 0 bridgehead atoms. The Labute approximate surface area is 185 Å². The first-order valence-electron chi connectivity index (χ1n) is 10.8. The summed E-state index contributed by atoms with van der Waals surface area (Å²) < 4.78 is 0. The molecule has 0 N–H and O–H groups in total. The minimum atomic E-state index is -2.52. The van der Waals surface area contributed by atoms with Crippen LogP contribution in [0.3, 0.4) is 0 Å². The fourth-order valence-electron chi connectivity index (χ4n) is 5.27. The molecule has 0 fully saturated rings. The lowest BCUT2D eigenvalue weighted by Crippen LogP contribution is -2.66. The Morgan fingerprint density at radius 3 is 1.19 bits per heavy atom. The zero-order valence-corrected chi connectivity index (χ0v) is 18.2. The molecule has 0 atom stereocenters. The van der Waals surface area contributed by atoms with E-state index >= 15 is 0 Å². The van der Waals surface area contributed by atoms with Gasteiger partial charge in [0.2, 0.25) is 0 Å². The predicted octanol–water partition coefficient (Wildman–Crippen LogP) is 5.63. The molecule has 0 heterocycles. The van der Waals surface area contributed by atoms with Gasteiger partial charge in [0.05, 0.1) is 0 Å². The molecule has 0 amide bonds. The molecule has 31 heavy (non-hydrogen) atoms. The van der Waals surface area contributed by atoms with E-state index in [1.165, 1.54) is 43.7 Å². The molecule has 0 aliphatic heterocycles. The molecular formula is C30H22Si. The van der Waals surface area contributed by atoms with Crippen LogP contribution < -0.4 is 10.4 Å². The van der Waals surface area contributed by atoms with Gasteiger partial charge < -0.3 is 0 Å². The summed E-state index contributed by atoms with van der Waals surface area (Å²) in [6.07, 6.45) is 9.37. The monoisotopic (exact) mass is 410 g/mol. The Balaban J connectivity index is 1.70. The maximum absolute atomic E-state index is 2.52. The second-order valence-corrected chi connectivity index (χ2v) is 11.9. The molecule has 4 aromatic rings. The molecule has 0 nitrogen and oxygen atoms in total. The average Bonchev–Trinajstić information content (AvgIpc) is 3.47. The second-order valence-electron chi connectivity index (χ2n) is 8.15. The van der Waals surface area contributed by atoms with Crippen molar-refractivity contribution in [3.63, 3.8) is 0 Å². The minimum Gasteiger partial charge on any atom is -0.0743 e. The van der Waals surface area contributed by atoms with Gasteiger partial charge in [0, 0.05) is 11.1 Å². The standard InChI is InChI=1S/C30H22Si/c1-3-13-25(14-4-1)31(26-15-5-2-6-16-26,29-21-19-23-11-7-9-17-27(23)29)30-22-20-24-12-8-10-18-28(24)30/h1-22H. The summed E-state index contributed by atoms with van der Waals surface area (Å²) in [6, 6.07) is 40.0. The number of allylic oxidation sites excluding steroid dienone is 2. The first-order chi connectivity index (χ1) is 15.4. The Kier molecular flexibility index (Phi) is 4.36. The zero-order valence-electron chi connectivity index (χ0n) is 17.2. The highest BCUT2D eigenvalue weighted by Crippen LogP contribution is 2.45. The highest BCUT2D eigenvalue weighted by molar-refractivity contribution is 7.12. The maximum atomic E-state index is 2.39. The smallest absolute Gasteiger partial charge is 0.0743 e. The third-order valence-corrected chi connectivity index (χ3v) is 11.5. The van der Waals surface area contributed by atoms with E-state index in [9.17, 15) is 0 Å². The summed E-state index contributed by atoms with van der Waals surface area (Å²) in [7, 11) is -2.52. The molecular weight excluding hydrogens is 388 g/mol. The second kappa shape index (κ2) is 7.37. The van der Waals surface area contributed by atoms with Gasteiger partial charge in [-0.15, -0.1) is 0 Å². The summed E-state index contributed by atoms with van der Waals surface area (Å²) in [5, 5.41) is 2.85. The molecule has 146 valence electrons. The number of hydrogen-bond donors (Lipinski definition) is 0. The largest absolute Gasteiger partial charge is 0.147 e. The summed E-state index contributed by atoms with van der Waals surface area (Å²) in [5.74, 6) is 0. The van der Waals surface area contributed by atoms with E-state index < -0.39 is 8.07 Å². The molecule has 0 unspecified atom stereocenters. The third-order valence-electron chi connectivity index (χ3n) is 6.58. The van der Waals surface area contributed by atoms with Crippen LogP contribution in [0.5, 0.6) is 0 Å². The van der Waals surface area contributed by atoms with Crippen LogP contribution in [0.4, 0.5) is 0 Å². The topological polar surface area (TPSA) is 0 Å². The first-order valence-corrected chi connectivity index (χ1v) is 12.8. The lowest BCUT2D eigenvalue weighted by atomic mass is 10.1. The Bertz CT molecular complexity index is 1180. The lowest BCUT2D eigenvalue weighted by molar-refractivity contribution is 1.37. The van der Waals surface area contributed by atoms with Gasteiger partial charge in [-0.05, 0) is 22.3 Å². The average molecular weight is 411 g/mol. The molecule has 2 aliphatic carbocycles. The molecule has 6 rings (SSSR count). The van der Waals surface area contributed by atoms with Crippen molar-refractivity contribution < 1.29 is 0 Å². The first kappa shape index (κ1) is 18.4. The number of fused-ring (bicyclic) bond motifs is 2. The van der Waals surface area contributed by atoms with Crippen molar-refractivity contribution in [1.29, 1.82) is 0 Å². The van der Waals surface area contributed by atoms with Crippen molar-refractivity contribution in [2.24, 2.45) is 0 Å². The van der Waals surface area contributed by atoms with Crippen molar-refractivity contribution >= 4 is 30.6 Å². The van der Waals surface area contributed by atoms with Crippen LogP contribution in [0.15, 0.2) is 121 Å². The molecule has 0 aromatic heterocycles. The molecule has 0 saturated heterocycles. The summed E-state index contributed by atoms with van der Waals surface area (Å²) >= 11 is 0. The van der Waals surface area contributed by atoms with Crippen molar-refractivity contribution in [3.8, 4) is 0 Å².